The van der Waals surface area contributed by atoms with Crippen LogP contribution >= 0.6 is 22.9 Å². The predicted molar refractivity (Wildman–Crippen MR) is 83.7 cm³/mol. The van der Waals surface area contributed by atoms with E-state index < -0.39 is 10.8 Å². The predicted octanol–water partition coefficient (Wildman–Crippen LogP) is 4.63. The van der Waals surface area contributed by atoms with E-state index in [1.807, 2.05) is 42.5 Å². The first kappa shape index (κ1) is 13.5. The van der Waals surface area contributed by atoms with E-state index in [2.05, 4.69) is 4.98 Å². The van der Waals surface area contributed by atoms with Crippen LogP contribution in [0.2, 0.25) is 5.02 Å². The van der Waals surface area contributed by atoms with Crippen LogP contribution in [0, 0.1) is 0 Å². The number of nitrogens with zero attached hydrogens (tertiary/aromatic N) is 1. The number of halogens is 1. The zero-order valence-corrected chi connectivity index (χ0v) is 12.7. The van der Waals surface area contributed by atoms with Crippen LogP contribution in [0.25, 0.3) is 10.6 Å². The van der Waals surface area contributed by atoms with Crippen molar-refractivity contribution in [3.63, 3.8) is 0 Å². The van der Waals surface area contributed by atoms with Gasteiger partial charge in [-0.05, 0) is 42.5 Å². The third kappa shape index (κ3) is 2.82. The molecule has 0 fully saturated rings. The first-order valence-electron chi connectivity index (χ1n) is 5.92. The van der Waals surface area contributed by atoms with Crippen molar-refractivity contribution in [2.75, 3.05) is 0 Å². The molecule has 3 aromatic rings. The van der Waals surface area contributed by atoms with Crippen LogP contribution < -0.4 is 0 Å². The summed E-state index contributed by atoms with van der Waals surface area (Å²) in [5, 5.41) is 0.595. The third-order valence-electron chi connectivity index (χ3n) is 2.69. The molecule has 0 saturated carbocycles. The summed E-state index contributed by atoms with van der Waals surface area (Å²) in [7, 11) is -1.20. The first-order valence-corrected chi connectivity index (χ1v) is 8.27. The Hall–Kier alpha value is -1.49. The number of aromatic nitrogens is 1. The minimum absolute atomic E-state index is 0.595. The molecule has 0 saturated heterocycles. The number of rotatable bonds is 3. The lowest BCUT2D eigenvalue weighted by atomic mass is 10.3. The molecule has 1 unspecified atom stereocenters. The van der Waals surface area contributed by atoms with E-state index in [0.717, 1.165) is 14.8 Å². The first-order chi connectivity index (χ1) is 9.74. The van der Waals surface area contributed by atoms with Gasteiger partial charge in [0.05, 0.1) is 25.6 Å². The highest BCUT2D eigenvalue weighted by Gasteiger charge is 2.11. The molecule has 2 heterocycles. The summed E-state index contributed by atoms with van der Waals surface area (Å²) in [5.74, 6) is 0. The Morgan fingerprint density at radius 3 is 2.70 bits per heavy atom. The Morgan fingerprint density at radius 1 is 1.05 bits per heavy atom. The van der Waals surface area contributed by atoms with Crippen molar-refractivity contribution in [1.29, 1.82) is 0 Å². The molecule has 0 bridgehead atoms. The van der Waals surface area contributed by atoms with Crippen molar-refractivity contribution in [2.45, 2.75) is 9.10 Å². The van der Waals surface area contributed by atoms with E-state index >= 15 is 0 Å². The molecule has 0 aliphatic rings. The Balaban J connectivity index is 1.93. The fraction of sp³-hybridized carbons (Fsp3) is 0. The standard InChI is InChI=1S/C15H10ClNOS2/c16-11-4-3-5-12(10-11)20(18)15-8-7-14(19-15)13-6-1-2-9-17-13/h1-10H. The van der Waals surface area contributed by atoms with E-state index in [1.54, 1.807) is 18.3 Å². The van der Waals surface area contributed by atoms with Crippen LogP contribution in [-0.2, 0) is 10.8 Å². The van der Waals surface area contributed by atoms with Crippen LogP contribution in [0.15, 0.2) is 69.9 Å². The number of hydrogen-bond acceptors (Lipinski definition) is 3. The van der Waals surface area contributed by atoms with Crippen LogP contribution in [0.3, 0.4) is 0 Å². The van der Waals surface area contributed by atoms with Crippen molar-refractivity contribution in [3.05, 3.63) is 65.8 Å². The zero-order valence-electron chi connectivity index (χ0n) is 10.3. The quantitative estimate of drug-likeness (QED) is 0.704. The van der Waals surface area contributed by atoms with E-state index in [0.29, 0.717) is 9.92 Å². The highest BCUT2D eigenvalue weighted by Crippen LogP contribution is 2.31. The van der Waals surface area contributed by atoms with Gasteiger partial charge in [-0.2, -0.15) is 0 Å². The Kier molecular flexibility index (Phi) is 3.96. The van der Waals surface area contributed by atoms with E-state index in [9.17, 15) is 4.21 Å². The average molecular weight is 320 g/mol. The largest absolute Gasteiger partial charge is 0.255 e. The molecule has 2 aromatic heterocycles. The van der Waals surface area contributed by atoms with Gasteiger partial charge < -0.3 is 0 Å². The molecule has 0 amide bonds. The van der Waals surface area contributed by atoms with E-state index in [-0.39, 0.29) is 0 Å². The summed E-state index contributed by atoms with van der Waals surface area (Å²) in [6.07, 6.45) is 1.75. The third-order valence-corrected chi connectivity index (χ3v) is 5.72. The second-order valence-electron chi connectivity index (χ2n) is 4.06. The van der Waals surface area contributed by atoms with Gasteiger partial charge in [-0.1, -0.05) is 23.7 Å². The lowest BCUT2D eigenvalue weighted by molar-refractivity contribution is 0.684. The van der Waals surface area contributed by atoms with Gasteiger partial charge in [0.25, 0.3) is 0 Å². The lowest BCUT2D eigenvalue weighted by Crippen LogP contribution is -1.88. The fourth-order valence-electron chi connectivity index (χ4n) is 1.76. The Morgan fingerprint density at radius 2 is 1.95 bits per heavy atom. The van der Waals surface area contributed by atoms with Crippen LogP contribution in [0.4, 0.5) is 0 Å². The molecule has 0 aliphatic carbocycles. The monoisotopic (exact) mass is 319 g/mol. The van der Waals surface area contributed by atoms with Crippen LogP contribution in [0.5, 0.6) is 0 Å². The van der Waals surface area contributed by atoms with Gasteiger partial charge in [-0.3, -0.25) is 4.98 Å². The number of thiophene rings is 1. The number of benzene rings is 1. The molecule has 0 radical (unpaired) electrons. The van der Waals surface area contributed by atoms with Gasteiger partial charge in [0.15, 0.2) is 0 Å². The maximum absolute atomic E-state index is 12.5. The highest BCUT2D eigenvalue weighted by atomic mass is 35.5. The summed E-state index contributed by atoms with van der Waals surface area (Å²) in [4.78, 5) is 6.02. The molecule has 0 aliphatic heterocycles. The van der Waals surface area contributed by atoms with Crippen molar-refractivity contribution >= 4 is 33.7 Å². The summed E-state index contributed by atoms with van der Waals surface area (Å²) in [5.41, 5.74) is 0.895. The average Bonchev–Trinajstić information content (AvgIpc) is 2.97. The number of pyridine rings is 1. The lowest BCUT2D eigenvalue weighted by Gasteiger charge is -1.99. The normalized spacial score (nSPS) is 12.2. The molecular formula is C15H10ClNOS2. The molecule has 5 heteroatoms. The van der Waals surface area contributed by atoms with Gasteiger partial charge in [-0.25, -0.2) is 4.21 Å². The van der Waals surface area contributed by atoms with Crippen molar-refractivity contribution in [1.82, 2.24) is 4.98 Å². The molecule has 1 atom stereocenters. The Bertz CT molecular complexity index is 755. The fourth-order valence-corrected chi connectivity index (χ4v) is 4.45. The zero-order chi connectivity index (χ0) is 13.9. The van der Waals surface area contributed by atoms with Gasteiger partial charge in [0.1, 0.15) is 0 Å². The van der Waals surface area contributed by atoms with Gasteiger partial charge in [0.2, 0.25) is 0 Å². The van der Waals surface area contributed by atoms with Crippen LogP contribution in [-0.4, -0.2) is 9.19 Å². The second kappa shape index (κ2) is 5.87. The molecule has 0 spiro atoms. The summed E-state index contributed by atoms with van der Waals surface area (Å²) in [6, 6.07) is 16.7. The van der Waals surface area contributed by atoms with Crippen LogP contribution in [0.1, 0.15) is 0 Å². The second-order valence-corrected chi connectivity index (χ2v) is 7.29. The Labute approximate surface area is 128 Å². The van der Waals surface area contributed by atoms with Crippen molar-refractivity contribution < 1.29 is 4.21 Å². The van der Waals surface area contributed by atoms with Gasteiger partial charge in [-0.15, -0.1) is 11.3 Å². The minimum atomic E-state index is -1.20. The highest BCUT2D eigenvalue weighted by molar-refractivity contribution is 7.87. The molecule has 1 aromatic carbocycles. The maximum atomic E-state index is 12.5. The summed E-state index contributed by atoms with van der Waals surface area (Å²) < 4.78 is 13.3. The molecule has 20 heavy (non-hydrogen) atoms. The molecule has 3 rings (SSSR count). The summed E-state index contributed by atoms with van der Waals surface area (Å²) in [6.45, 7) is 0. The van der Waals surface area contributed by atoms with Gasteiger partial charge >= 0.3 is 0 Å². The van der Waals surface area contributed by atoms with Crippen molar-refractivity contribution in [3.8, 4) is 10.6 Å². The molecule has 0 N–H and O–H groups in total. The topological polar surface area (TPSA) is 30.0 Å². The molecule has 100 valence electrons. The van der Waals surface area contributed by atoms with E-state index in [4.69, 9.17) is 11.6 Å². The van der Waals surface area contributed by atoms with Crippen molar-refractivity contribution in [2.24, 2.45) is 0 Å². The molecule has 2 nitrogen and oxygen atoms in total. The maximum Gasteiger partial charge on any atom is 0.0967 e. The minimum Gasteiger partial charge on any atom is -0.255 e. The number of hydrogen-bond donors (Lipinski definition) is 0. The van der Waals surface area contributed by atoms with Gasteiger partial charge in [0, 0.05) is 16.1 Å². The smallest absolute Gasteiger partial charge is 0.0967 e. The van der Waals surface area contributed by atoms with E-state index in [1.165, 1.54) is 11.3 Å². The SMILES string of the molecule is O=S(c1cccc(Cl)c1)c1ccc(-c2ccccn2)s1. The molecular weight excluding hydrogens is 310 g/mol. The summed E-state index contributed by atoms with van der Waals surface area (Å²) >= 11 is 7.43.